The smallest absolute Gasteiger partial charge is 0.0888 e. The second kappa shape index (κ2) is 5.25. The Hall–Kier alpha value is -0.870. The monoisotopic (exact) mass is 351 g/mol. The second-order valence-electron chi connectivity index (χ2n) is 4.35. The molecule has 2 N–H and O–H groups in total. The Bertz CT molecular complexity index is 718. The van der Waals surface area contributed by atoms with Crippen LogP contribution in [0.15, 0.2) is 52.3 Å². The van der Waals surface area contributed by atoms with Crippen molar-refractivity contribution in [3.8, 4) is 0 Å². The Morgan fingerprint density at radius 3 is 2.47 bits per heavy atom. The van der Waals surface area contributed by atoms with Crippen LogP contribution in [0.1, 0.15) is 16.5 Å². The normalized spacial score (nSPS) is 12.8. The van der Waals surface area contributed by atoms with Crippen LogP contribution in [0.4, 0.5) is 0 Å². The minimum Gasteiger partial charge on any atom is -0.320 e. The second-order valence-corrected chi connectivity index (χ2v) is 7.16. The summed E-state index contributed by atoms with van der Waals surface area (Å²) in [4.78, 5) is 1.06. The van der Waals surface area contributed by atoms with Crippen molar-refractivity contribution in [3.05, 3.63) is 67.8 Å². The van der Waals surface area contributed by atoms with Crippen LogP contribution in [0, 0.1) is 0 Å². The largest absolute Gasteiger partial charge is 0.320 e. The molecule has 0 aliphatic heterocycles. The van der Waals surface area contributed by atoms with Crippen molar-refractivity contribution in [2.45, 2.75) is 6.04 Å². The van der Waals surface area contributed by atoms with E-state index in [2.05, 4.69) is 46.3 Å². The summed E-state index contributed by atoms with van der Waals surface area (Å²) in [6.07, 6.45) is 0. The summed E-state index contributed by atoms with van der Waals surface area (Å²) in [6.45, 7) is 0. The Morgan fingerprint density at radius 1 is 1.05 bits per heavy atom. The lowest BCUT2D eigenvalue weighted by Gasteiger charge is -2.11. The minimum atomic E-state index is -0.140. The quantitative estimate of drug-likeness (QED) is 0.659. The van der Waals surface area contributed by atoms with Crippen LogP contribution < -0.4 is 5.73 Å². The van der Waals surface area contributed by atoms with Crippen LogP contribution in [0.2, 0.25) is 5.02 Å². The molecule has 19 heavy (non-hydrogen) atoms. The van der Waals surface area contributed by atoms with Gasteiger partial charge in [0.25, 0.3) is 0 Å². The highest BCUT2D eigenvalue weighted by Gasteiger charge is 2.14. The van der Waals surface area contributed by atoms with E-state index in [1.54, 1.807) is 11.3 Å². The fourth-order valence-corrected chi connectivity index (χ4v) is 3.86. The van der Waals surface area contributed by atoms with Crippen LogP contribution in [0.25, 0.3) is 10.8 Å². The van der Waals surface area contributed by atoms with E-state index >= 15 is 0 Å². The Morgan fingerprint density at radius 2 is 1.79 bits per heavy atom. The van der Waals surface area contributed by atoms with Gasteiger partial charge in [0, 0.05) is 4.88 Å². The van der Waals surface area contributed by atoms with Crippen molar-refractivity contribution in [2.75, 3.05) is 0 Å². The SMILES string of the molecule is NC(c1ccc2ccccc2c1)c1cc(Cl)c(Br)s1. The molecule has 1 nitrogen and oxygen atoms in total. The topological polar surface area (TPSA) is 26.0 Å². The Labute approximate surface area is 129 Å². The number of rotatable bonds is 2. The maximum atomic E-state index is 6.32. The molecule has 3 aromatic rings. The first-order valence-corrected chi connectivity index (χ1v) is 7.83. The summed E-state index contributed by atoms with van der Waals surface area (Å²) in [5.41, 5.74) is 7.42. The van der Waals surface area contributed by atoms with Crippen molar-refractivity contribution in [3.63, 3.8) is 0 Å². The predicted octanol–water partition coefficient (Wildman–Crippen LogP) is 5.37. The molecule has 1 aromatic heterocycles. The van der Waals surface area contributed by atoms with E-state index in [4.69, 9.17) is 17.3 Å². The van der Waals surface area contributed by atoms with E-state index in [9.17, 15) is 0 Å². The lowest BCUT2D eigenvalue weighted by molar-refractivity contribution is 0.896. The molecule has 96 valence electrons. The molecule has 1 unspecified atom stereocenters. The first kappa shape index (κ1) is 13.1. The Balaban J connectivity index is 2.03. The minimum absolute atomic E-state index is 0.140. The van der Waals surface area contributed by atoms with Gasteiger partial charge < -0.3 is 5.73 Å². The summed E-state index contributed by atoms with van der Waals surface area (Å²) in [5, 5.41) is 3.15. The van der Waals surface area contributed by atoms with E-state index in [1.807, 2.05) is 18.2 Å². The van der Waals surface area contributed by atoms with E-state index < -0.39 is 0 Å². The van der Waals surface area contributed by atoms with Crippen molar-refractivity contribution >= 4 is 49.6 Å². The molecule has 0 fully saturated rings. The zero-order valence-electron chi connectivity index (χ0n) is 9.94. The highest BCUT2D eigenvalue weighted by Crippen LogP contribution is 2.36. The van der Waals surface area contributed by atoms with Gasteiger partial charge in [0.1, 0.15) is 0 Å². The lowest BCUT2D eigenvalue weighted by atomic mass is 10.0. The van der Waals surface area contributed by atoms with Crippen LogP contribution in [-0.2, 0) is 0 Å². The molecular formula is C15H11BrClNS. The average molecular weight is 353 g/mol. The number of nitrogens with two attached hydrogens (primary N) is 1. The zero-order chi connectivity index (χ0) is 13.4. The van der Waals surface area contributed by atoms with Gasteiger partial charge in [-0.2, -0.15) is 0 Å². The molecule has 0 radical (unpaired) electrons. The maximum Gasteiger partial charge on any atom is 0.0888 e. The third-order valence-electron chi connectivity index (χ3n) is 3.10. The molecule has 0 amide bonds. The molecular weight excluding hydrogens is 342 g/mol. The van der Waals surface area contributed by atoms with Crippen LogP contribution in [0.5, 0.6) is 0 Å². The standard InChI is InChI=1S/C15H11BrClNS/c16-15-12(17)8-13(19-15)14(18)11-6-5-9-3-1-2-4-10(9)7-11/h1-8,14H,18H2. The van der Waals surface area contributed by atoms with E-state index in [1.165, 1.54) is 10.8 Å². The van der Waals surface area contributed by atoms with E-state index in [0.717, 1.165) is 19.2 Å². The van der Waals surface area contributed by atoms with Crippen molar-refractivity contribution < 1.29 is 0 Å². The molecule has 0 bridgehead atoms. The molecule has 0 aliphatic carbocycles. The number of fused-ring (bicyclic) bond motifs is 1. The van der Waals surface area contributed by atoms with Crippen molar-refractivity contribution in [2.24, 2.45) is 5.73 Å². The van der Waals surface area contributed by atoms with Crippen molar-refractivity contribution in [1.29, 1.82) is 0 Å². The molecule has 4 heteroatoms. The summed E-state index contributed by atoms with van der Waals surface area (Å²) in [5.74, 6) is 0. The van der Waals surface area contributed by atoms with Gasteiger partial charge in [-0.1, -0.05) is 48.0 Å². The van der Waals surface area contributed by atoms with Gasteiger partial charge >= 0.3 is 0 Å². The number of benzene rings is 2. The fourth-order valence-electron chi connectivity index (χ4n) is 2.08. The molecule has 0 aliphatic rings. The van der Waals surface area contributed by atoms with Gasteiger partial charge in [-0.15, -0.1) is 11.3 Å². The predicted molar refractivity (Wildman–Crippen MR) is 87.0 cm³/mol. The fraction of sp³-hybridized carbons (Fsp3) is 0.0667. The first-order chi connectivity index (χ1) is 9.15. The molecule has 1 atom stereocenters. The van der Waals surface area contributed by atoms with E-state index in [0.29, 0.717) is 0 Å². The first-order valence-electron chi connectivity index (χ1n) is 5.84. The molecule has 1 heterocycles. The van der Waals surface area contributed by atoms with Crippen LogP contribution in [0.3, 0.4) is 0 Å². The molecule has 0 saturated heterocycles. The van der Waals surface area contributed by atoms with Gasteiger partial charge in [0.15, 0.2) is 0 Å². The number of thiophene rings is 1. The highest BCUT2D eigenvalue weighted by atomic mass is 79.9. The summed E-state index contributed by atoms with van der Waals surface area (Å²) < 4.78 is 0.931. The summed E-state index contributed by atoms with van der Waals surface area (Å²) in [6, 6.07) is 16.4. The van der Waals surface area contributed by atoms with Gasteiger partial charge in [-0.25, -0.2) is 0 Å². The van der Waals surface area contributed by atoms with Crippen LogP contribution in [-0.4, -0.2) is 0 Å². The zero-order valence-corrected chi connectivity index (χ0v) is 13.1. The molecule has 0 spiro atoms. The summed E-state index contributed by atoms with van der Waals surface area (Å²) >= 11 is 11.1. The molecule has 3 rings (SSSR count). The molecule has 2 aromatic carbocycles. The highest BCUT2D eigenvalue weighted by molar-refractivity contribution is 9.11. The van der Waals surface area contributed by atoms with E-state index in [-0.39, 0.29) is 6.04 Å². The van der Waals surface area contributed by atoms with Crippen molar-refractivity contribution in [1.82, 2.24) is 0 Å². The van der Waals surface area contributed by atoms with Gasteiger partial charge in [-0.3, -0.25) is 0 Å². The number of halogens is 2. The van der Waals surface area contributed by atoms with Gasteiger partial charge in [0.2, 0.25) is 0 Å². The lowest BCUT2D eigenvalue weighted by Crippen LogP contribution is -2.09. The number of hydrogen-bond donors (Lipinski definition) is 1. The number of hydrogen-bond acceptors (Lipinski definition) is 2. The average Bonchev–Trinajstić information content (AvgIpc) is 2.77. The maximum absolute atomic E-state index is 6.32. The van der Waals surface area contributed by atoms with Gasteiger partial charge in [-0.05, 0) is 44.4 Å². The molecule has 0 saturated carbocycles. The third-order valence-corrected chi connectivity index (χ3v) is 5.66. The Kier molecular flexibility index (Phi) is 3.63. The van der Waals surface area contributed by atoms with Gasteiger partial charge in [0.05, 0.1) is 14.9 Å². The third kappa shape index (κ3) is 2.56. The summed E-state index contributed by atoms with van der Waals surface area (Å²) in [7, 11) is 0. The van der Waals surface area contributed by atoms with Crippen LogP contribution >= 0.6 is 38.9 Å².